The van der Waals surface area contributed by atoms with Crippen molar-refractivity contribution in [2.24, 2.45) is 0 Å². The number of anilines is 1. The molecule has 6 nitrogen and oxygen atoms in total. The zero-order valence-corrected chi connectivity index (χ0v) is 15.5. The van der Waals surface area contributed by atoms with Crippen LogP contribution in [0.25, 0.3) is 11.0 Å². The number of benzene rings is 2. The van der Waals surface area contributed by atoms with Gasteiger partial charge >= 0.3 is 11.8 Å². The second-order valence-electron chi connectivity index (χ2n) is 6.22. The molecule has 0 bridgehead atoms. The van der Waals surface area contributed by atoms with E-state index in [4.69, 9.17) is 16.0 Å². The molecule has 0 aliphatic heterocycles. The highest BCUT2D eigenvalue weighted by molar-refractivity contribution is 6.33. The van der Waals surface area contributed by atoms with Gasteiger partial charge in [0.2, 0.25) is 11.7 Å². The summed E-state index contributed by atoms with van der Waals surface area (Å²) in [6, 6.07) is 5.06. The standard InChI is InChI=1S/C19H13ClF3NO5/c1-8-10-3-5-14(25)16(27)17(10)29-18(28)11(8)7-15(26)24-13-6-9(19(21,22)23)2-4-12(13)20/h2-6,25,27H,7H2,1H3,(H,24,26). The molecule has 152 valence electrons. The van der Waals surface area contributed by atoms with Crippen LogP contribution < -0.4 is 10.9 Å². The highest BCUT2D eigenvalue weighted by Crippen LogP contribution is 2.35. The Hall–Kier alpha value is -3.20. The lowest BCUT2D eigenvalue weighted by atomic mass is 10.0. The molecular weight excluding hydrogens is 415 g/mol. The van der Waals surface area contributed by atoms with Crippen molar-refractivity contribution in [3.63, 3.8) is 0 Å². The van der Waals surface area contributed by atoms with Gasteiger partial charge in [-0.25, -0.2) is 4.79 Å². The molecule has 0 aliphatic rings. The van der Waals surface area contributed by atoms with E-state index in [0.717, 1.165) is 12.1 Å². The van der Waals surface area contributed by atoms with Crippen LogP contribution in [-0.4, -0.2) is 16.1 Å². The van der Waals surface area contributed by atoms with Gasteiger partial charge < -0.3 is 19.9 Å². The van der Waals surface area contributed by atoms with Crippen LogP contribution in [-0.2, 0) is 17.4 Å². The minimum absolute atomic E-state index is 0.0526. The number of hydrogen-bond donors (Lipinski definition) is 3. The van der Waals surface area contributed by atoms with Crippen molar-refractivity contribution in [3.8, 4) is 11.5 Å². The van der Waals surface area contributed by atoms with Gasteiger partial charge in [-0.15, -0.1) is 0 Å². The summed E-state index contributed by atoms with van der Waals surface area (Å²) in [6.45, 7) is 1.51. The van der Waals surface area contributed by atoms with E-state index in [1.54, 1.807) is 0 Å². The third-order valence-electron chi connectivity index (χ3n) is 4.31. The number of phenols is 2. The first-order valence-electron chi connectivity index (χ1n) is 8.13. The molecule has 0 aliphatic carbocycles. The number of fused-ring (bicyclic) bond motifs is 1. The molecule has 0 fully saturated rings. The Bertz CT molecular complexity index is 1190. The number of halogens is 4. The van der Waals surface area contributed by atoms with Crippen LogP contribution in [0.4, 0.5) is 18.9 Å². The first-order chi connectivity index (χ1) is 13.5. The Kier molecular flexibility index (Phi) is 5.18. The topological polar surface area (TPSA) is 99.8 Å². The second kappa shape index (κ2) is 7.32. The Labute approximate surface area is 166 Å². The predicted molar refractivity (Wildman–Crippen MR) is 99.3 cm³/mol. The fourth-order valence-electron chi connectivity index (χ4n) is 2.79. The third kappa shape index (κ3) is 4.00. The average molecular weight is 428 g/mol. The predicted octanol–water partition coefficient (Wildman–Crippen LogP) is 4.37. The molecule has 1 heterocycles. The first-order valence-corrected chi connectivity index (χ1v) is 8.50. The SMILES string of the molecule is Cc1c(CC(=O)Nc2cc(C(F)(F)F)ccc2Cl)c(=O)oc2c(O)c(O)ccc12. The summed E-state index contributed by atoms with van der Waals surface area (Å²) in [5, 5.41) is 21.8. The number of hydrogen-bond acceptors (Lipinski definition) is 5. The Morgan fingerprint density at radius 2 is 1.90 bits per heavy atom. The summed E-state index contributed by atoms with van der Waals surface area (Å²) in [5.74, 6) is -1.89. The number of nitrogens with one attached hydrogen (secondary N) is 1. The van der Waals surface area contributed by atoms with Gasteiger partial charge in [-0.1, -0.05) is 11.6 Å². The molecule has 0 spiro atoms. The van der Waals surface area contributed by atoms with Crippen LogP contribution in [0.15, 0.2) is 39.5 Å². The summed E-state index contributed by atoms with van der Waals surface area (Å²) < 4.78 is 43.6. The number of rotatable bonds is 3. The molecule has 3 rings (SSSR count). The molecule has 0 radical (unpaired) electrons. The van der Waals surface area contributed by atoms with Gasteiger partial charge in [0.1, 0.15) is 0 Å². The minimum Gasteiger partial charge on any atom is -0.504 e. The van der Waals surface area contributed by atoms with E-state index in [9.17, 15) is 33.0 Å². The van der Waals surface area contributed by atoms with Crippen molar-refractivity contribution < 1.29 is 32.6 Å². The van der Waals surface area contributed by atoms with E-state index in [-0.39, 0.29) is 21.9 Å². The second-order valence-corrected chi connectivity index (χ2v) is 6.63. The lowest BCUT2D eigenvalue weighted by Crippen LogP contribution is -2.21. The molecule has 10 heteroatoms. The van der Waals surface area contributed by atoms with E-state index in [0.29, 0.717) is 17.0 Å². The molecule has 0 saturated carbocycles. The van der Waals surface area contributed by atoms with E-state index in [1.807, 2.05) is 0 Å². The molecule has 2 aromatic carbocycles. The maximum absolute atomic E-state index is 12.9. The van der Waals surface area contributed by atoms with Gasteiger partial charge in [0, 0.05) is 5.39 Å². The lowest BCUT2D eigenvalue weighted by molar-refractivity contribution is -0.137. The van der Waals surface area contributed by atoms with Crippen molar-refractivity contribution in [1.82, 2.24) is 0 Å². The van der Waals surface area contributed by atoms with E-state index in [2.05, 4.69) is 5.32 Å². The molecule has 0 unspecified atom stereocenters. The third-order valence-corrected chi connectivity index (χ3v) is 4.64. The fourth-order valence-corrected chi connectivity index (χ4v) is 2.95. The maximum atomic E-state index is 12.9. The average Bonchev–Trinajstić information content (AvgIpc) is 2.63. The highest BCUT2D eigenvalue weighted by atomic mass is 35.5. The first kappa shape index (κ1) is 20.5. The fraction of sp³-hybridized carbons (Fsp3) is 0.158. The number of carbonyl (C=O) groups excluding carboxylic acids is 1. The Balaban J connectivity index is 1.93. The molecule has 0 atom stereocenters. The molecule has 3 aromatic rings. The number of aryl methyl sites for hydroxylation is 1. The van der Waals surface area contributed by atoms with Gasteiger partial charge in [-0.05, 0) is 42.8 Å². The van der Waals surface area contributed by atoms with Crippen molar-refractivity contribution in [2.75, 3.05) is 5.32 Å². The smallest absolute Gasteiger partial charge is 0.416 e. The Morgan fingerprint density at radius 3 is 2.55 bits per heavy atom. The largest absolute Gasteiger partial charge is 0.504 e. The van der Waals surface area contributed by atoms with Crippen LogP contribution in [0.1, 0.15) is 16.7 Å². The van der Waals surface area contributed by atoms with Crippen LogP contribution in [0.3, 0.4) is 0 Å². The summed E-state index contributed by atoms with van der Waals surface area (Å²) >= 11 is 5.85. The van der Waals surface area contributed by atoms with Crippen molar-refractivity contribution in [3.05, 3.63) is 62.5 Å². The number of alkyl halides is 3. The Morgan fingerprint density at radius 1 is 1.21 bits per heavy atom. The summed E-state index contributed by atoms with van der Waals surface area (Å²) in [7, 11) is 0. The van der Waals surface area contributed by atoms with Gasteiger partial charge in [-0.2, -0.15) is 13.2 Å². The van der Waals surface area contributed by atoms with Gasteiger partial charge in [-0.3, -0.25) is 4.79 Å². The van der Waals surface area contributed by atoms with E-state index in [1.165, 1.54) is 19.1 Å². The quantitative estimate of drug-likeness (QED) is 0.426. The van der Waals surface area contributed by atoms with Gasteiger partial charge in [0.05, 0.1) is 28.3 Å². The lowest BCUT2D eigenvalue weighted by Gasteiger charge is -2.12. The number of amides is 1. The van der Waals surface area contributed by atoms with Gasteiger partial charge in [0.25, 0.3) is 0 Å². The number of aromatic hydroxyl groups is 2. The van der Waals surface area contributed by atoms with Crippen LogP contribution >= 0.6 is 11.6 Å². The summed E-state index contributed by atoms with van der Waals surface area (Å²) in [4.78, 5) is 24.6. The van der Waals surface area contributed by atoms with Crippen molar-refractivity contribution in [2.45, 2.75) is 19.5 Å². The maximum Gasteiger partial charge on any atom is 0.416 e. The summed E-state index contributed by atoms with van der Waals surface area (Å²) in [6.07, 6.45) is -5.12. The van der Waals surface area contributed by atoms with Crippen molar-refractivity contribution >= 4 is 34.2 Å². The zero-order valence-electron chi connectivity index (χ0n) is 14.7. The minimum atomic E-state index is -4.62. The molecule has 1 aromatic heterocycles. The van der Waals surface area contributed by atoms with Crippen LogP contribution in [0, 0.1) is 6.92 Å². The van der Waals surface area contributed by atoms with Crippen molar-refractivity contribution in [1.29, 1.82) is 0 Å². The summed E-state index contributed by atoms with van der Waals surface area (Å²) in [5.41, 5.74) is -2.15. The molecule has 0 saturated heterocycles. The number of phenolic OH excluding ortho intramolecular Hbond substituents is 2. The van der Waals surface area contributed by atoms with E-state index >= 15 is 0 Å². The van der Waals surface area contributed by atoms with E-state index < -0.39 is 41.2 Å². The van der Waals surface area contributed by atoms with Gasteiger partial charge in [0.15, 0.2) is 11.3 Å². The number of carbonyl (C=O) groups is 1. The highest BCUT2D eigenvalue weighted by Gasteiger charge is 2.31. The van der Waals surface area contributed by atoms with Crippen LogP contribution in [0.2, 0.25) is 5.02 Å². The molecule has 29 heavy (non-hydrogen) atoms. The monoisotopic (exact) mass is 427 g/mol. The zero-order chi connectivity index (χ0) is 21.5. The van der Waals surface area contributed by atoms with Crippen LogP contribution in [0.5, 0.6) is 11.5 Å². The molecule has 3 N–H and O–H groups in total. The molecule has 1 amide bonds. The molecular formula is C19H13ClF3NO5. The normalized spacial score (nSPS) is 11.6.